The summed E-state index contributed by atoms with van der Waals surface area (Å²) in [4.78, 5) is 8.64. The molecule has 96 valence electrons. The fourth-order valence-electron chi connectivity index (χ4n) is 1.75. The molecule has 0 aliphatic heterocycles. The molecule has 0 fully saturated rings. The highest BCUT2D eigenvalue weighted by atomic mass is 16.3. The summed E-state index contributed by atoms with van der Waals surface area (Å²) in [5.74, 6) is 0.556. The van der Waals surface area contributed by atoms with Gasteiger partial charge in [-0.15, -0.1) is 0 Å². The molecular formula is C14H19N3O. The van der Waals surface area contributed by atoms with Crippen LogP contribution in [0.4, 0.5) is 5.95 Å². The average molecular weight is 245 g/mol. The molecule has 0 spiro atoms. The van der Waals surface area contributed by atoms with Crippen LogP contribution < -0.4 is 5.32 Å². The van der Waals surface area contributed by atoms with Crippen LogP contribution >= 0.6 is 0 Å². The van der Waals surface area contributed by atoms with Crippen LogP contribution in [-0.4, -0.2) is 28.2 Å². The zero-order valence-electron chi connectivity index (χ0n) is 11.1. The number of aliphatic hydroxyl groups excluding tert-OH is 1. The topological polar surface area (TPSA) is 58.0 Å². The molecule has 0 radical (unpaired) electrons. The third-order valence-corrected chi connectivity index (χ3v) is 2.84. The van der Waals surface area contributed by atoms with Crippen molar-refractivity contribution in [1.29, 1.82) is 0 Å². The van der Waals surface area contributed by atoms with Crippen molar-refractivity contribution in [3.63, 3.8) is 0 Å². The second-order valence-corrected chi connectivity index (χ2v) is 5.37. The highest BCUT2D eigenvalue weighted by Crippen LogP contribution is 2.25. The molecule has 0 bridgehead atoms. The van der Waals surface area contributed by atoms with Crippen LogP contribution in [0.3, 0.4) is 0 Å². The van der Waals surface area contributed by atoms with E-state index in [1.807, 2.05) is 12.3 Å². The first-order chi connectivity index (χ1) is 8.50. The summed E-state index contributed by atoms with van der Waals surface area (Å²) in [5.41, 5.74) is 2.32. The van der Waals surface area contributed by atoms with E-state index in [1.165, 1.54) is 5.56 Å². The minimum atomic E-state index is 0.0738. The van der Waals surface area contributed by atoms with Crippen LogP contribution in [0.25, 0.3) is 10.9 Å². The Bertz CT molecular complexity index is 546. The summed E-state index contributed by atoms with van der Waals surface area (Å²) in [5, 5.41) is 12.7. The highest BCUT2D eigenvalue weighted by Gasteiger charge is 2.14. The van der Waals surface area contributed by atoms with Crippen molar-refractivity contribution < 1.29 is 5.11 Å². The van der Waals surface area contributed by atoms with Gasteiger partial charge in [0, 0.05) is 18.1 Å². The Morgan fingerprint density at radius 2 is 2.06 bits per heavy atom. The van der Waals surface area contributed by atoms with E-state index in [0.29, 0.717) is 12.5 Å². The summed E-state index contributed by atoms with van der Waals surface area (Å²) in [7, 11) is 0. The van der Waals surface area contributed by atoms with E-state index in [0.717, 1.165) is 10.9 Å². The maximum Gasteiger partial charge on any atom is 0.223 e. The molecule has 0 saturated carbocycles. The van der Waals surface area contributed by atoms with Crippen LogP contribution in [0, 0.1) is 0 Å². The van der Waals surface area contributed by atoms with Gasteiger partial charge in [-0.1, -0.05) is 26.8 Å². The summed E-state index contributed by atoms with van der Waals surface area (Å²) < 4.78 is 0. The van der Waals surface area contributed by atoms with E-state index in [2.05, 4.69) is 48.2 Å². The molecule has 1 heterocycles. The molecule has 2 aromatic rings. The number of anilines is 1. The zero-order valence-corrected chi connectivity index (χ0v) is 11.1. The molecule has 0 aliphatic carbocycles. The van der Waals surface area contributed by atoms with Gasteiger partial charge >= 0.3 is 0 Å². The van der Waals surface area contributed by atoms with E-state index in [4.69, 9.17) is 5.11 Å². The van der Waals surface area contributed by atoms with Crippen molar-refractivity contribution in [2.24, 2.45) is 0 Å². The van der Waals surface area contributed by atoms with Crippen LogP contribution in [0.2, 0.25) is 0 Å². The molecule has 0 amide bonds. The Hall–Kier alpha value is -1.68. The van der Waals surface area contributed by atoms with E-state index >= 15 is 0 Å². The minimum Gasteiger partial charge on any atom is -0.395 e. The van der Waals surface area contributed by atoms with Gasteiger partial charge in [-0.05, 0) is 23.1 Å². The maximum atomic E-state index is 8.75. The highest BCUT2D eigenvalue weighted by molar-refractivity contribution is 5.79. The first kappa shape index (κ1) is 12.8. The molecular weight excluding hydrogens is 226 g/mol. The number of benzene rings is 1. The van der Waals surface area contributed by atoms with Crippen molar-refractivity contribution in [3.05, 3.63) is 30.0 Å². The molecule has 4 heteroatoms. The van der Waals surface area contributed by atoms with E-state index in [-0.39, 0.29) is 12.0 Å². The largest absolute Gasteiger partial charge is 0.395 e. The lowest BCUT2D eigenvalue weighted by molar-refractivity contribution is 0.311. The molecule has 0 atom stereocenters. The Morgan fingerprint density at radius 1 is 1.28 bits per heavy atom. The van der Waals surface area contributed by atoms with Crippen LogP contribution in [0.5, 0.6) is 0 Å². The van der Waals surface area contributed by atoms with E-state index < -0.39 is 0 Å². The van der Waals surface area contributed by atoms with Gasteiger partial charge in [-0.3, -0.25) is 0 Å². The number of nitrogens with zero attached hydrogens (tertiary/aromatic N) is 2. The lowest BCUT2D eigenvalue weighted by Crippen LogP contribution is -2.11. The van der Waals surface area contributed by atoms with Crippen molar-refractivity contribution in [1.82, 2.24) is 9.97 Å². The third kappa shape index (κ3) is 2.76. The normalized spacial score (nSPS) is 11.8. The Morgan fingerprint density at radius 3 is 2.72 bits per heavy atom. The minimum absolute atomic E-state index is 0.0738. The maximum absolute atomic E-state index is 8.75. The van der Waals surface area contributed by atoms with Gasteiger partial charge in [-0.25, -0.2) is 9.97 Å². The van der Waals surface area contributed by atoms with Gasteiger partial charge in [0.25, 0.3) is 0 Å². The SMILES string of the molecule is CC(C)(C)c1ccc2nc(NCCO)ncc2c1. The third-order valence-electron chi connectivity index (χ3n) is 2.84. The number of hydrogen-bond acceptors (Lipinski definition) is 4. The van der Waals surface area contributed by atoms with Gasteiger partial charge in [0.15, 0.2) is 0 Å². The second-order valence-electron chi connectivity index (χ2n) is 5.37. The van der Waals surface area contributed by atoms with Crippen molar-refractivity contribution in [2.75, 3.05) is 18.5 Å². The predicted octanol–water partition coefficient (Wildman–Crippen LogP) is 2.33. The average Bonchev–Trinajstić information content (AvgIpc) is 2.34. The quantitative estimate of drug-likeness (QED) is 0.871. The molecule has 0 aliphatic rings. The number of hydrogen-bond donors (Lipinski definition) is 2. The monoisotopic (exact) mass is 245 g/mol. The smallest absolute Gasteiger partial charge is 0.223 e. The van der Waals surface area contributed by atoms with Crippen molar-refractivity contribution >= 4 is 16.9 Å². The molecule has 4 nitrogen and oxygen atoms in total. The Kier molecular flexibility index (Phi) is 3.48. The zero-order chi connectivity index (χ0) is 13.2. The molecule has 2 rings (SSSR count). The standard InChI is InChI=1S/C14H19N3O/c1-14(2,3)11-4-5-12-10(8-11)9-16-13(17-12)15-6-7-18/h4-5,8-9,18H,6-7H2,1-3H3,(H,15,16,17). The lowest BCUT2D eigenvalue weighted by atomic mass is 9.86. The van der Waals surface area contributed by atoms with Crippen LogP contribution in [0.1, 0.15) is 26.3 Å². The predicted molar refractivity (Wildman–Crippen MR) is 73.8 cm³/mol. The fourth-order valence-corrected chi connectivity index (χ4v) is 1.75. The molecule has 18 heavy (non-hydrogen) atoms. The molecule has 0 saturated heterocycles. The van der Waals surface area contributed by atoms with Gasteiger partial charge < -0.3 is 10.4 Å². The number of fused-ring (bicyclic) bond motifs is 1. The summed E-state index contributed by atoms with van der Waals surface area (Å²) in [6.07, 6.45) is 1.82. The summed E-state index contributed by atoms with van der Waals surface area (Å²) >= 11 is 0. The summed E-state index contributed by atoms with van der Waals surface area (Å²) in [6, 6.07) is 6.25. The van der Waals surface area contributed by atoms with Crippen LogP contribution in [0.15, 0.2) is 24.4 Å². The number of aromatic nitrogens is 2. The molecule has 1 aromatic carbocycles. The van der Waals surface area contributed by atoms with Gasteiger partial charge in [0.05, 0.1) is 12.1 Å². The second kappa shape index (κ2) is 4.90. The first-order valence-electron chi connectivity index (χ1n) is 6.13. The van der Waals surface area contributed by atoms with Gasteiger partial charge in [0.2, 0.25) is 5.95 Å². The van der Waals surface area contributed by atoms with E-state index in [9.17, 15) is 0 Å². The van der Waals surface area contributed by atoms with Gasteiger partial charge in [-0.2, -0.15) is 0 Å². The Balaban J connectivity index is 2.36. The molecule has 0 unspecified atom stereocenters. The van der Waals surface area contributed by atoms with Crippen molar-refractivity contribution in [3.8, 4) is 0 Å². The molecule has 2 N–H and O–H groups in total. The van der Waals surface area contributed by atoms with E-state index in [1.54, 1.807) is 0 Å². The van der Waals surface area contributed by atoms with Crippen molar-refractivity contribution in [2.45, 2.75) is 26.2 Å². The lowest BCUT2D eigenvalue weighted by Gasteiger charge is -2.19. The molecule has 1 aromatic heterocycles. The number of rotatable bonds is 3. The summed E-state index contributed by atoms with van der Waals surface area (Å²) in [6.45, 7) is 7.10. The number of nitrogens with one attached hydrogen (secondary N) is 1. The fraction of sp³-hybridized carbons (Fsp3) is 0.429. The van der Waals surface area contributed by atoms with Crippen LogP contribution in [-0.2, 0) is 5.41 Å². The number of aliphatic hydroxyl groups is 1. The van der Waals surface area contributed by atoms with Gasteiger partial charge in [0.1, 0.15) is 0 Å². The first-order valence-corrected chi connectivity index (χ1v) is 6.13. The Labute approximate surface area is 107 Å².